The van der Waals surface area contributed by atoms with E-state index in [1.807, 2.05) is 50.2 Å². The number of rotatable bonds is 7. The molecule has 0 fully saturated rings. The van der Waals surface area contributed by atoms with Crippen LogP contribution in [0.2, 0.25) is 0 Å². The molecule has 1 aliphatic rings. The summed E-state index contributed by atoms with van der Waals surface area (Å²) in [5.74, 6) is 3.76. The first-order chi connectivity index (χ1) is 16.1. The summed E-state index contributed by atoms with van der Waals surface area (Å²) in [5, 5.41) is 12.6. The van der Waals surface area contributed by atoms with Crippen LogP contribution in [0.3, 0.4) is 0 Å². The lowest BCUT2D eigenvalue weighted by Crippen LogP contribution is -1.99. The van der Waals surface area contributed by atoms with Crippen LogP contribution in [0.15, 0.2) is 57.4 Å². The van der Waals surface area contributed by atoms with E-state index in [2.05, 4.69) is 16.4 Å². The largest absolute Gasteiger partial charge is 0.485 e. The predicted molar refractivity (Wildman–Crippen MR) is 119 cm³/mol. The van der Waals surface area contributed by atoms with Gasteiger partial charge in [0.05, 0.1) is 0 Å². The van der Waals surface area contributed by atoms with Gasteiger partial charge in [-0.25, -0.2) is 0 Å². The van der Waals surface area contributed by atoms with Gasteiger partial charge in [0.15, 0.2) is 17.3 Å². The molecule has 0 atom stereocenters. The predicted octanol–water partition coefficient (Wildman–Crippen LogP) is 5.34. The number of hydrogen-bond donors (Lipinski definition) is 1. The monoisotopic (exact) mass is 443 g/mol. The number of fused-ring (bicyclic) bond motifs is 1. The number of aromatic nitrogens is 1. The maximum absolute atomic E-state index is 9.47. The Hall–Kier alpha value is -4.38. The van der Waals surface area contributed by atoms with Gasteiger partial charge in [0, 0.05) is 6.54 Å². The zero-order valence-corrected chi connectivity index (χ0v) is 18.2. The fourth-order valence-corrected chi connectivity index (χ4v) is 3.44. The maximum atomic E-state index is 9.47. The van der Waals surface area contributed by atoms with Crippen molar-refractivity contribution in [2.24, 2.45) is 0 Å². The van der Waals surface area contributed by atoms with Crippen LogP contribution in [0.25, 0.3) is 11.7 Å². The van der Waals surface area contributed by atoms with Crippen molar-refractivity contribution in [3.8, 4) is 35.0 Å². The third kappa shape index (κ3) is 4.34. The van der Waals surface area contributed by atoms with Crippen molar-refractivity contribution in [3.05, 3.63) is 76.7 Å². The molecule has 0 unspecified atom stereocenters. The van der Waals surface area contributed by atoms with E-state index in [0.29, 0.717) is 29.6 Å². The molecule has 5 rings (SSSR count). The third-order valence-electron chi connectivity index (χ3n) is 5.21. The fourth-order valence-electron chi connectivity index (χ4n) is 3.44. The number of nitrogens with one attached hydrogen (secondary N) is 1. The minimum Gasteiger partial charge on any atom is -0.485 e. The highest BCUT2D eigenvalue weighted by Crippen LogP contribution is 2.33. The Bertz CT molecular complexity index is 1350. The molecule has 1 aliphatic heterocycles. The van der Waals surface area contributed by atoms with Gasteiger partial charge in [-0.1, -0.05) is 18.2 Å². The Balaban J connectivity index is 1.27. The summed E-state index contributed by atoms with van der Waals surface area (Å²) in [4.78, 5) is 4.26. The molecule has 0 bridgehead atoms. The number of nitriles is 1. The summed E-state index contributed by atoms with van der Waals surface area (Å²) in [6, 6.07) is 17.3. The van der Waals surface area contributed by atoms with Crippen molar-refractivity contribution in [3.63, 3.8) is 0 Å². The minimum absolute atomic E-state index is 0.148. The Morgan fingerprint density at radius 2 is 1.91 bits per heavy atom. The molecular formula is C25H21N3O5. The lowest BCUT2D eigenvalue weighted by Gasteiger charge is -2.08. The van der Waals surface area contributed by atoms with E-state index in [9.17, 15) is 5.26 Å². The van der Waals surface area contributed by atoms with Gasteiger partial charge in [0.25, 0.3) is 5.89 Å². The Morgan fingerprint density at radius 1 is 1.03 bits per heavy atom. The van der Waals surface area contributed by atoms with Crippen LogP contribution in [-0.2, 0) is 13.2 Å². The van der Waals surface area contributed by atoms with E-state index in [0.717, 1.165) is 22.4 Å². The molecule has 0 radical (unpaired) electrons. The van der Waals surface area contributed by atoms with Crippen LogP contribution in [0.5, 0.6) is 17.2 Å². The standard InChI is InChI=1S/C25H21N3O5/c1-15-3-4-16(2)22(9-15)29-13-18-6-8-21(32-18)25-28-19(11-26)24(33-25)27-12-17-5-7-20-23(10-17)31-14-30-20/h3-10,27H,12-14H2,1-2H3. The van der Waals surface area contributed by atoms with E-state index in [1.54, 1.807) is 12.1 Å². The third-order valence-corrected chi connectivity index (χ3v) is 5.21. The van der Waals surface area contributed by atoms with Crippen molar-refractivity contribution in [2.75, 3.05) is 12.1 Å². The first-order valence-electron chi connectivity index (χ1n) is 10.4. The summed E-state index contributed by atoms with van der Waals surface area (Å²) < 4.78 is 28.2. The van der Waals surface area contributed by atoms with Gasteiger partial charge < -0.3 is 28.4 Å². The quantitative estimate of drug-likeness (QED) is 0.408. The van der Waals surface area contributed by atoms with E-state index in [1.165, 1.54) is 0 Å². The molecule has 0 saturated carbocycles. The van der Waals surface area contributed by atoms with Crippen LogP contribution >= 0.6 is 0 Å². The second-order valence-corrected chi connectivity index (χ2v) is 7.67. The minimum atomic E-state index is 0.148. The second-order valence-electron chi connectivity index (χ2n) is 7.67. The number of furan rings is 1. The zero-order chi connectivity index (χ0) is 22.8. The van der Waals surface area contributed by atoms with E-state index in [-0.39, 0.29) is 30.9 Å². The molecule has 4 aromatic rings. The van der Waals surface area contributed by atoms with Crippen LogP contribution in [0, 0.1) is 25.2 Å². The molecule has 166 valence electrons. The van der Waals surface area contributed by atoms with Crippen LogP contribution in [0.4, 0.5) is 5.88 Å². The van der Waals surface area contributed by atoms with Crippen molar-refractivity contribution in [2.45, 2.75) is 27.0 Å². The highest BCUT2D eigenvalue weighted by atomic mass is 16.7. The topological polar surface area (TPSA) is 103 Å². The second kappa shape index (κ2) is 8.63. The molecule has 2 aromatic heterocycles. The van der Waals surface area contributed by atoms with Crippen molar-refractivity contribution < 1.29 is 23.0 Å². The highest BCUT2D eigenvalue weighted by Gasteiger charge is 2.18. The van der Waals surface area contributed by atoms with Crippen LogP contribution < -0.4 is 19.5 Å². The molecule has 1 N–H and O–H groups in total. The Kier molecular flexibility index (Phi) is 5.37. The van der Waals surface area contributed by atoms with Crippen molar-refractivity contribution in [1.82, 2.24) is 4.98 Å². The molecule has 2 aromatic carbocycles. The Morgan fingerprint density at radius 3 is 2.79 bits per heavy atom. The molecule has 33 heavy (non-hydrogen) atoms. The maximum Gasteiger partial charge on any atom is 0.266 e. The molecule has 0 aliphatic carbocycles. The van der Waals surface area contributed by atoms with Crippen LogP contribution in [-0.4, -0.2) is 11.8 Å². The van der Waals surface area contributed by atoms with Crippen molar-refractivity contribution >= 4 is 5.88 Å². The van der Waals surface area contributed by atoms with E-state index in [4.69, 9.17) is 23.0 Å². The number of ether oxygens (including phenoxy) is 3. The number of anilines is 1. The normalized spacial score (nSPS) is 11.9. The average molecular weight is 443 g/mol. The molecule has 3 heterocycles. The van der Waals surface area contributed by atoms with Gasteiger partial charge in [0.2, 0.25) is 18.4 Å². The lowest BCUT2D eigenvalue weighted by atomic mass is 10.1. The number of hydrogen-bond acceptors (Lipinski definition) is 8. The molecule has 0 amide bonds. The highest BCUT2D eigenvalue weighted by molar-refractivity contribution is 5.55. The fraction of sp³-hybridized carbons (Fsp3) is 0.200. The van der Waals surface area contributed by atoms with Gasteiger partial charge in [0.1, 0.15) is 24.2 Å². The summed E-state index contributed by atoms with van der Waals surface area (Å²) >= 11 is 0. The summed E-state index contributed by atoms with van der Waals surface area (Å²) in [5.41, 5.74) is 3.28. The number of aryl methyl sites for hydroxylation is 2. The molecular weight excluding hydrogens is 422 g/mol. The number of nitrogens with zero attached hydrogens (tertiary/aromatic N) is 2. The summed E-state index contributed by atoms with van der Waals surface area (Å²) in [7, 11) is 0. The Labute approximate surface area is 190 Å². The first-order valence-corrected chi connectivity index (χ1v) is 10.4. The summed E-state index contributed by atoms with van der Waals surface area (Å²) in [6.45, 7) is 4.93. The smallest absolute Gasteiger partial charge is 0.266 e. The average Bonchev–Trinajstić information content (AvgIpc) is 3.56. The molecule has 0 spiro atoms. The van der Waals surface area contributed by atoms with Crippen molar-refractivity contribution in [1.29, 1.82) is 5.26 Å². The van der Waals surface area contributed by atoms with Gasteiger partial charge in [-0.2, -0.15) is 10.2 Å². The summed E-state index contributed by atoms with van der Waals surface area (Å²) in [6.07, 6.45) is 0. The number of benzene rings is 2. The first kappa shape index (κ1) is 20.5. The van der Waals surface area contributed by atoms with Gasteiger partial charge in [-0.3, -0.25) is 0 Å². The molecule has 8 heteroatoms. The van der Waals surface area contributed by atoms with Gasteiger partial charge in [-0.05, 0) is 60.9 Å². The van der Waals surface area contributed by atoms with E-state index >= 15 is 0 Å². The molecule has 8 nitrogen and oxygen atoms in total. The molecule has 0 saturated heterocycles. The number of oxazole rings is 1. The lowest BCUT2D eigenvalue weighted by molar-refractivity contribution is 0.174. The van der Waals surface area contributed by atoms with Gasteiger partial charge >= 0.3 is 0 Å². The van der Waals surface area contributed by atoms with Gasteiger partial charge in [-0.15, -0.1) is 0 Å². The van der Waals surface area contributed by atoms with E-state index < -0.39 is 0 Å². The zero-order valence-electron chi connectivity index (χ0n) is 18.2. The van der Waals surface area contributed by atoms with Crippen LogP contribution in [0.1, 0.15) is 28.1 Å². The SMILES string of the molecule is Cc1ccc(C)c(OCc2ccc(-c3nc(C#N)c(NCc4ccc5c(c4)OCO5)o3)o2)c1.